The molecule has 7 heteroatoms. The number of aliphatic hydroxyl groups is 1. The first-order valence-corrected chi connectivity index (χ1v) is 9.58. The van der Waals surface area contributed by atoms with Crippen LogP contribution in [0.5, 0.6) is 0 Å². The zero-order valence-electron chi connectivity index (χ0n) is 13.1. The smallest absolute Gasteiger partial charge is 0.243 e. The van der Waals surface area contributed by atoms with Gasteiger partial charge in [0.2, 0.25) is 10.0 Å². The van der Waals surface area contributed by atoms with Gasteiger partial charge in [-0.2, -0.15) is 4.31 Å². The fraction of sp³-hybridized carbons (Fsp3) is 0.625. The van der Waals surface area contributed by atoms with Crippen molar-refractivity contribution in [3.8, 4) is 0 Å². The van der Waals surface area contributed by atoms with Gasteiger partial charge in [0.15, 0.2) is 0 Å². The highest BCUT2D eigenvalue weighted by Crippen LogP contribution is 2.28. The van der Waals surface area contributed by atoms with E-state index in [1.54, 1.807) is 0 Å². The van der Waals surface area contributed by atoms with Crippen molar-refractivity contribution in [2.24, 2.45) is 0 Å². The van der Waals surface area contributed by atoms with Crippen LogP contribution in [0.25, 0.3) is 0 Å². The molecule has 1 atom stereocenters. The summed E-state index contributed by atoms with van der Waals surface area (Å²) in [5, 5.41) is 9.44. The molecule has 1 aromatic rings. The third-order valence-corrected chi connectivity index (χ3v) is 6.85. The lowest BCUT2D eigenvalue weighted by atomic mass is 10.0. The second-order valence-electron chi connectivity index (χ2n) is 6.31. The van der Waals surface area contributed by atoms with Gasteiger partial charge >= 0.3 is 0 Å². The molecule has 2 heterocycles. The van der Waals surface area contributed by atoms with Gasteiger partial charge in [-0.05, 0) is 50.4 Å². The maximum absolute atomic E-state index is 13.3. The minimum Gasteiger partial charge on any atom is -0.395 e. The average molecular weight is 342 g/mol. The lowest BCUT2D eigenvalue weighted by Crippen LogP contribution is -2.48. The summed E-state index contributed by atoms with van der Waals surface area (Å²) in [5.41, 5.74) is 0. The van der Waals surface area contributed by atoms with E-state index in [1.165, 1.54) is 22.5 Å². The van der Waals surface area contributed by atoms with Crippen LogP contribution < -0.4 is 0 Å². The molecule has 0 aromatic heterocycles. The molecule has 0 spiro atoms. The zero-order chi connectivity index (χ0) is 16.4. The van der Waals surface area contributed by atoms with E-state index in [-0.39, 0.29) is 17.5 Å². The first-order chi connectivity index (χ1) is 11.0. The number of rotatable bonds is 4. The standard InChI is InChI=1S/C16H23FN2O3S/c17-13-3-1-5-16(11-13)23(21,22)18-9-6-14(7-10-18)19-8-2-4-15(19)12-20/h1,3,5,11,14-15,20H,2,4,6-10,12H2/t15-/m0/s1. The van der Waals surface area contributed by atoms with Crippen LogP contribution in [0.4, 0.5) is 4.39 Å². The third kappa shape index (κ3) is 3.42. The van der Waals surface area contributed by atoms with Gasteiger partial charge in [-0.25, -0.2) is 12.8 Å². The van der Waals surface area contributed by atoms with Crippen LogP contribution in [0.1, 0.15) is 25.7 Å². The Balaban J connectivity index is 1.66. The maximum atomic E-state index is 13.3. The molecule has 5 nitrogen and oxygen atoms in total. The van der Waals surface area contributed by atoms with Gasteiger partial charge < -0.3 is 5.11 Å². The Kier molecular flexibility index (Phi) is 5.01. The number of hydrogen-bond acceptors (Lipinski definition) is 4. The van der Waals surface area contributed by atoms with Gasteiger partial charge in [0, 0.05) is 25.2 Å². The summed E-state index contributed by atoms with van der Waals surface area (Å²) in [5.74, 6) is -0.538. The lowest BCUT2D eigenvalue weighted by molar-refractivity contribution is 0.0899. The molecule has 1 N–H and O–H groups in total. The Labute approximate surface area is 136 Å². The Morgan fingerprint density at radius 1 is 1.17 bits per heavy atom. The number of hydrogen-bond donors (Lipinski definition) is 1. The fourth-order valence-electron chi connectivity index (χ4n) is 3.73. The molecular formula is C16H23FN2O3S. The van der Waals surface area contributed by atoms with E-state index in [2.05, 4.69) is 4.90 Å². The Bertz CT molecular complexity index is 644. The molecule has 0 saturated carbocycles. The molecule has 0 unspecified atom stereocenters. The topological polar surface area (TPSA) is 60.9 Å². The van der Waals surface area contributed by atoms with Gasteiger partial charge in [0.25, 0.3) is 0 Å². The van der Waals surface area contributed by atoms with Crippen molar-refractivity contribution >= 4 is 10.0 Å². The van der Waals surface area contributed by atoms with Crippen LogP contribution in [0.3, 0.4) is 0 Å². The Hall–Kier alpha value is -1.02. The summed E-state index contributed by atoms with van der Waals surface area (Å²) in [6.07, 6.45) is 3.61. The van der Waals surface area contributed by atoms with E-state index in [1.807, 2.05) is 0 Å². The first kappa shape index (κ1) is 16.8. The van der Waals surface area contributed by atoms with E-state index in [0.717, 1.165) is 38.3 Å². The summed E-state index contributed by atoms with van der Waals surface area (Å²) in [6, 6.07) is 5.72. The molecule has 2 aliphatic heterocycles. The number of sulfonamides is 1. The minimum absolute atomic E-state index is 0.0188. The van der Waals surface area contributed by atoms with Crippen molar-refractivity contribution in [3.63, 3.8) is 0 Å². The van der Waals surface area contributed by atoms with Gasteiger partial charge in [-0.1, -0.05) is 6.07 Å². The van der Waals surface area contributed by atoms with Gasteiger partial charge in [0.1, 0.15) is 5.82 Å². The second-order valence-corrected chi connectivity index (χ2v) is 8.25. The molecule has 23 heavy (non-hydrogen) atoms. The van der Waals surface area contributed by atoms with Crippen molar-refractivity contribution in [2.75, 3.05) is 26.2 Å². The molecular weight excluding hydrogens is 319 g/mol. The number of nitrogens with zero attached hydrogens (tertiary/aromatic N) is 2. The minimum atomic E-state index is -3.63. The summed E-state index contributed by atoms with van der Waals surface area (Å²) in [6.45, 7) is 2.03. The second kappa shape index (κ2) is 6.84. The van der Waals surface area contributed by atoms with Crippen molar-refractivity contribution < 1.29 is 17.9 Å². The molecule has 128 valence electrons. The van der Waals surface area contributed by atoms with Crippen molar-refractivity contribution in [1.82, 2.24) is 9.21 Å². The highest BCUT2D eigenvalue weighted by Gasteiger charge is 2.35. The monoisotopic (exact) mass is 342 g/mol. The maximum Gasteiger partial charge on any atom is 0.243 e. The largest absolute Gasteiger partial charge is 0.395 e. The predicted octanol–water partition coefficient (Wildman–Crippen LogP) is 1.44. The predicted molar refractivity (Wildman–Crippen MR) is 85.0 cm³/mol. The van der Waals surface area contributed by atoms with Crippen LogP contribution >= 0.6 is 0 Å². The molecule has 2 fully saturated rings. The number of aliphatic hydroxyl groups excluding tert-OH is 1. The Morgan fingerprint density at radius 2 is 1.91 bits per heavy atom. The highest BCUT2D eigenvalue weighted by atomic mass is 32.2. The number of piperidine rings is 1. The average Bonchev–Trinajstić information content (AvgIpc) is 3.03. The van der Waals surface area contributed by atoms with Crippen LogP contribution in [-0.2, 0) is 10.0 Å². The molecule has 0 bridgehead atoms. The van der Waals surface area contributed by atoms with Gasteiger partial charge in [-0.15, -0.1) is 0 Å². The van der Waals surface area contributed by atoms with Gasteiger partial charge in [0.05, 0.1) is 11.5 Å². The highest BCUT2D eigenvalue weighted by molar-refractivity contribution is 7.89. The third-order valence-electron chi connectivity index (χ3n) is 4.96. The Morgan fingerprint density at radius 3 is 2.57 bits per heavy atom. The van der Waals surface area contributed by atoms with Crippen molar-refractivity contribution in [2.45, 2.75) is 42.7 Å². The summed E-state index contributed by atoms with van der Waals surface area (Å²) < 4.78 is 39.9. The zero-order valence-corrected chi connectivity index (χ0v) is 13.9. The molecule has 0 aliphatic carbocycles. The molecule has 2 aliphatic rings. The fourth-order valence-corrected chi connectivity index (χ4v) is 5.23. The quantitative estimate of drug-likeness (QED) is 0.899. The summed E-state index contributed by atoms with van der Waals surface area (Å²) in [4.78, 5) is 2.34. The lowest BCUT2D eigenvalue weighted by Gasteiger charge is -2.38. The van der Waals surface area contributed by atoms with Crippen molar-refractivity contribution in [3.05, 3.63) is 30.1 Å². The molecule has 3 rings (SSSR count). The van der Waals surface area contributed by atoms with Crippen LogP contribution in [0.2, 0.25) is 0 Å². The van der Waals surface area contributed by atoms with E-state index < -0.39 is 15.8 Å². The first-order valence-electron chi connectivity index (χ1n) is 8.14. The van der Waals surface area contributed by atoms with Crippen LogP contribution in [0, 0.1) is 5.82 Å². The van der Waals surface area contributed by atoms with Gasteiger partial charge in [-0.3, -0.25) is 4.90 Å². The summed E-state index contributed by atoms with van der Waals surface area (Å²) in [7, 11) is -3.63. The molecule has 1 aromatic carbocycles. The summed E-state index contributed by atoms with van der Waals surface area (Å²) >= 11 is 0. The molecule has 0 amide bonds. The van der Waals surface area contributed by atoms with E-state index in [4.69, 9.17) is 0 Å². The van der Waals surface area contributed by atoms with Crippen LogP contribution in [-0.4, -0.2) is 61.1 Å². The van der Waals surface area contributed by atoms with E-state index >= 15 is 0 Å². The van der Waals surface area contributed by atoms with E-state index in [9.17, 15) is 17.9 Å². The molecule has 0 radical (unpaired) electrons. The normalized spacial score (nSPS) is 25.0. The van der Waals surface area contributed by atoms with Crippen LogP contribution in [0.15, 0.2) is 29.2 Å². The molecule has 2 saturated heterocycles. The SMILES string of the molecule is O=S(=O)(c1cccc(F)c1)N1CCC(N2CCC[C@H]2CO)CC1. The van der Waals surface area contributed by atoms with E-state index in [0.29, 0.717) is 19.1 Å². The number of benzene rings is 1. The number of likely N-dealkylation sites (tertiary alicyclic amines) is 1. The number of halogens is 1. The van der Waals surface area contributed by atoms with Crippen molar-refractivity contribution in [1.29, 1.82) is 0 Å².